The third-order valence-corrected chi connectivity index (χ3v) is 16.1. The second kappa shape index (κ2) is 11.3. The number of hydrogen-bond acceptors (Lipinski definition) is 0. The van der Waals surface area contributed by atoms with E-state index in [2.05, 4.69) is 132 Å². The molecule has 0 spiro atoms. The van der Waals surface area contributed by atoms with Crippen molar-refractivity contribution in [3.63, 3.8) is 0 Å². The van der Waals surface area contributed by atoms with Crippen molar-refractivity contribution in [2.24, 2.45) is 5.92 Å². The Bertz CT molecular complexity index is 833. The molecule has 0 amide bonds. The zero-order valence-electron chi connectivity index (χ0n) is 19.0. The summed E-state index contributed by atoms with van der Waals surface area (Å²) in [6, 6.07) is 33.4. The van der Waals surface area contributed by atoms with E-state index in [1.165, 1.54) is 48.0 Å². The third kappa shape index (κ3) is 5.57. The Morgan fingerprint density at radius 3 is 1.52 bits per heavy atom. The van der Waals surface area contributed by atoms with Crippen molar-refractivity contribution < 1.29 is 0 Å². The standard InChI is InChI=1S/C29H36BrP/c1-26(2)18-10-5-3-4-6-17-25-31(30,27-19-11-7-12-20-27,28-21-13-8-14-22-28)29-23-15-9-16-24-29/h5,7-16,19-24,26H,3-4,6,17-18,25H2,1-2H3/b10-5+. The van der Waals surface area contributed by atoms with Gasteiger partial charge in [-0.05, 0) is 0 Å². The molecule has 164 valence electrons. The molecule has 0 aliphatic carbocycles. The van der Waals surface area contributed by atoms with E-state index in [1.54, 1.807) is 0 Å². The van der Waals surface area contributed by atoms with Crippen molar-refractivity contribution in [1.29, 1.82) is 0 Å². The summed E-state index contributed by atoms with van der Waals surface area (Å²) in [5.41, 5.74) is 0. The minimum atomic E-state index is -2.73. The molecule has 0 unspecified atom stereocenters. The number of benzene rings is 3. The summed E-state index contributed by atoms with van der Waals surface area (Å²) >= 11 is 4.54. The third-order valence-electron chi connectivity index (χ3n) is 6.11. The second-order valence-corrected chi connectivity index (χ2v) is 17.9. The number of hydrogen-bond donors (Lipinski definition) is 0. The van der Waals surface area contributed by atoms with Crippen molar-refractivity contribution in [3.05, 3.63) is 103 Å². The molecule has 2 heteroatoms. The SMILES string of the molecule is CC(C)C/C=C/CCCCCP(Br)(c1ccccc1)(c1ccccc1)c1ccccc1. The molecule has 0 aromatic heterocycles. The van der Waals surface area contributed by atoms with E-state index < -0.39 is 5.31 Å². The summed E-state index contributed by atoms with van der Waals surface area (Å²) in [7, 11) is 0. The average Bonchev–Trinajstić information content (AvgIpc) is 2.82. The predicted octanol–water partition coefficient (Wildman–Crippen LogP) is 7.99. The molecule has 0 radical (unpaired) electrons. The van der Waals surface area contributed by atoms with Gasteiger partial charge in [0.25, 0.3) is 0 Å². The summed E-state index contributed by atoms with van der Waals surface area (Å²) in [6.45, 7) is 4.56. The van der Waals surface area contributed by atoms with Gasteiger partial charge in [-0.2, -0.15) is 0 Å². The summed E-state index contributed by atoms with van der Waals surface area (Å²) in [5, 5.41) is 1.53. The van der Waals surface area contributed by atoms with Crippen LogP contribution in [-0.2, 0) is 0 Å². The van der Waals surface area contributed by atoms with Gasteiger partial charge in [0.15, 0.2) is 0 Å². The molecule has 31 heavy (non-hydrogen) atoms. The molecule has 0 fully saturated rings. The van der Waals surface area contributed by atoms with Crippen LogP contribution in [0.5, 0.6) is 0 Å². The first-order chi connectivity index (χ1) is 15.1. The molecule has 0 saturated carbocycles. The van der Waals surface area contributed by atoms with Gasteiger partial charge in [0.05, 0.1) is 0 Å². The number of halogens is 1. The maximum absolute atomic E-state index is 4.54. The van der Waals surface area contributed by atoms with Gasteiger partial charge < -0.3 is 0 Å². The van der Waals surface area contributed by atoms with E-state index in [0.717, 1.165) is 12.1 Å². The van der Waals surface area contributed by atoms with E-state index in [4.69, 9.17) is 0 Å². The van der Waals surface area contributed by atoms with Gasteiger partial charge in [0, 0.05) is 0 Å². The van der Waals surface area contributed by atoms with Crippen LogP contribution in [0.1, 0.15) is 46.0 Å². The van der Waals surface area contributed by atoms with Crippen molar-refractivity contribution in [2.45, 2.75) is 46.0 Å². The molecule has 3 aromatic rings. The van der Waals surface area contributed by atoms with Crippen molar-refractivity contribution >= 4 is 36.7 Å². The Balaban J connectivity index is 1.91. The molecule has 3 rings (SSSR count). The van der Waals surface area contributed by atoms with Crippen LogP contribution in [0.25, 0.3) is 0 Å². The van der Waals surface area contributed by atoms with Gasteiger partial charge in [0.2, 0.25) is 0 Å². The molecular weight excluding hydrogens is 459 g/mol. The van der Waals surface area contributed by atoms with E-state index in [1.807, 2.05) is 0 Å². The predicted molar refractivity (Wildman–Crippen MR) is 146 cm³/mol. The fourth-order valence-corrected chi connectivity index (χ4v) is 12.1. The summed E-state index contributed by atoms with van der Waals surface area (Å²) in [6.07, 6.45) is 12.0. The van der Waals surface area contributed by atoms with E-state index in [0.29, 0.717) is 0 Å². The zero-order valence-corrected chi connectivity index (χ0v) is 21.4. The van der Waals surface area contributed by atoms with Gasteiger partial charge in [0.1, 0.15) is 0 Å². The first kappa shape index (κ1) is 24.0. The Morgan fingerprint density at radius 2 is 1.10 bits per heavy atom. The Kier molecular flexibility index (Phi) is 8.70. The van der Waals surface area contributed by atoms with E-state index >= 15 is 0 Å². The van der Waals surface area contributed by atoms with E-state index in [9.17, 15) is 0 Å². The monoisotopic (exact) mass is 494 g/mol. The molecule has 3 aromatic carbocycles. The number of rotatable bonds is 11. The van der Waals surface area contributed by atoms with Gasteiger partial charge in [-0.1, -0.05) is 0 Å². The number of unbranched alkanes of at least 4 members (excludes halogenated alkanes) is 3. The fourth-order valence-electron chi connectivity index (χ4n) is 4.38. The Hall–Kier alpha value is -1.69. The normalized spacial score (nSPS) is 13.4. The molecule has 0 aliphatic heterocycles. The number of allylic oxidation sites excluding steroid dienone is 2. The van der Waals surface area contributed by atoms with Gasteiger partial charge in [-0.15, -0.1) is 0 Å². The first-order valence-corrected chi connectivity index (χ1v) is 16.0. The zero-order chi connectivity index (χ0) is 22.0. The van der Waals surface area contributed by atoms with Crippen LogP contribution in [-0.4, -0.2) is 6.16 Å². The van der Waals surface area contributed by atoms with Crippen LogP contribution in [0.2, 0.25) is 0 Å². The first-order valence-electron chi connectivity index (χ1n) is 11.6. The van der Waals surface area contributed by atoms with Crippen LogP contribution in [0.4, 0.5) is 0 Å². The molecule has 0 saturated heterocycles. The van der Waals surface area contributed by atoms with Crippen molar-refractivity contribution in [1.82, 2.24) is 0 Å². The van der Waals surface area contributed by atoms with Crippen LogP contribution in [0.15, 0.2) is 103 Å². The average molecular weight is 495 g/mol. The van der Waals surface area contributed by atoms with Crippen LogP contribution in [0, 0.1) is 5.92 Å². The topological polar surface area (TPSA) is 0 Å². The molecule has 0 bridgehead atoms. The minimum absolute atomic E-state index is 0.748. The van der Waals surface area contributed by atoms with Crippen LogP contribution >= 0.6 is 20.8 Å². The van der Waals surface area contributed by atoms with Crippen molar-refractivity contribution in [2.75, 3.05) is 6.16 Å². The quantitative estimate of drug-likeness (QED) is 0.144. The summed E-state index contributed by atoms with van der Waals surface area (Å²) < 4.78 is 0. The molecule has 0 aliphatic rings. The van der Waals surface area contributed by atoms with E-state index in [-0.39, 0.29) is 0 Å². The van der Waals surface area contributed by atoms with Crippen LogP contribution < -0.4 is 15.9 Å². The summed E-state index contributed by atoms with van der Waals surface area (Å²) in [5.74, 6) is 0.748. The summed E-state index contributed by atoms with van der Waals surface area (Å²) in [4.78, 5) is 0. The molecule has 0 N–H and O–H groups in total. The fraction of sp³-hybridized carbons (Fsp3) is 0.310. The molecule has 0 nitrogen and oxygen atoms in total. The molecule has 0 heterocycles. The van der Waals surface area contributed by atoms with Gasteiger partial charge >= 0.3 is 198 Å². The maximum atomic E-state index is 4.54. The second-order valence-electron chi connectivity index (χ2n) is 8.86. The van der Waals surface area contributed by atoms with Crippen LogP contribution in [0.3, 0.4) is 0 Å². The van der Waals surface area contributed by atoms with Gasteiger partial charge in [-0.25, -0.2) is 0 Å². The molecular formula is C29H36BrP. The van der Waals surface area contributed by atoms with Gasteiger partial charge in [-0.3, -0.25) is 0 Å². The Morgan fingerprint density at radius 1 is 0.645 bits per heavy atom. The molecule has 0 atom stereocenters. The Labute approximate surface area is 197 Å². The van der Waals surface area contributed by atoms with Crippen molar-refractivity contribution in [3.8, 4) is 0 Å².